The molecule has 1 saturated heterocycles. The Kier molecular flexibility index (Phi) is 5.35. The lowest BCUT2D eigenvalue weighted by molar-refractivity contribution is 0.0766. The summed E-state index contributed by atoms with van der Waals surface area (Å²) < 4.78 is 5.92. The molecule has 0 bridgehead atoms. The molecule has 1 N–H and O–H groups in total. The number of hydrogen-bond donors (Lipinski definition) is 1. The van der Waals surface area contributed by atoms with Crippen molar-refractivity contribution in [3.8, 4) is 5.75 Å². The molecule has 0 aromatic carbocycles. The molecule has 0 saturated carbocycles. The maximum atomic E-state index is 12.2. The summed E-state index contributed by atoms with van der Waals surface area (Å²) in [5.74, 6) is 0.687. The lowest BCUT2D eigenvalue weighted by Crippen LogP contribution is -2.37. The summed E-state index contributed by atoms with van der Waals surface area (Å²) in [7, 11) is 0. The second kappa shape index (κ2) is 7.24. The lowest BCUT2D eigenvalue weighted by atomic mass is 10.1. The molecule has 5 heteroatoms. The predicted molar refractivity (Wildman–Crippen MR) is 78.0 cm³/mol. The molecule has 1 atom stereocenters. The number of ether oxygens (including phenoxy) is 1. The van der Waals surface area contributed by atoms with E-state index in [0.29, 0.717) is 18.8 Å². The highest BCUT2D eigenvalue weighted by atomic mass is 16.5. The van der Waals surface area contributed by atoms with Crippen LogP contribution in [0.4, 0.5) is 0 Å². The molecule has 2 heterocycles. The van der Waals surface area contributed by atoms with Crippen molar-refractivity contribution in [2.75, 3.05) is 26.2 Å². The van der Waals surface area contributed by atoms with Gasteiger partial charge < -0.3 is 15.0 Å². The highest BCUT2D eigenvalue weighted by Gasteiger charge is 2.17. The minimum atomic E-state index is -0.0396. The van der Waals surface area contributed by atoms with Gasteiger partial charge in [0.2, 0.25) is 0 Å². The summed E-state index contributed by atoms with van der Waals surface area (Å²) >= 11 is 0. The SMILES string of the molecule is CCN(CC)C(=O)c1cc(O[C@H]2CCCNC2)ccn1. The van der Waals surface area contributed by atoms with Gasteiger partial charge in [0.15, 0.2) is 0 Å². The molecule has 20 heavy (non-hydrogen) atoms. The molecule has 1 aliphatic rings. The van der Waals surface area contributed by atoms with Gasteiger partial charge in [-0.15, -0.1) is 0 Å². The minimum Gasteiger partial charge on any atom is -0.489 e. The number of aromatic nitrogens is 1. The maximum absolute atomic E-state index is 12.2. The molecule has 0 spiro atoms. The van der Waals surface area contributed by atoms with Gasteiger partial charge in [-0.25, -0.2) is 0 Å². The van der Waals surface area contributed by atoms with Gasteiger partial charge in [0, 0.05) is 31.9 Å². The van der Waals surface area contributed by atoms with E-state index in [9.17, 15) is 4.79 Å². The first-order chi connectivity index (χ1) is 9.74. The first kappa shape index (κ1) is 14.8. The molecule has 0 aliphatic carbocycles. The number of rotatable bonds is 5. The Morgan fingerprint density at radius 3 is 2.95 bits per heavy atom. The molecule has 0 unspecified atom stereocenters. The fourth-order valence-electron chi connectivity index (χ4n) is 2.39. The van der Waals surface area contributed by atoms with Crippen molar-refractivity contribution in [1.82, 2.24) is 15.2 Å². The van der Waals surface area contributed by atoms with E-state index in [1.807, 2.05) is 19.9 Å². The van der Waals surface area contributed by atoms with E-state index in [1.165, 1.54) is 0 Å². The van der Waals surface area contributed by atoms with Gasteiger partial charge in [0.1, 0.15) is 17.5 Å². The average molecular weight is 277 g/mol. The molecule has 1 fully saturated rings. The van der Waals surface area contributed by atoms with Crippen LogP contribution in [-0.2, 0) is 0 Å². The van der Waals surface area contributed by atoms with E-state index in [4.69, 9.17) is 4.74 Å². The smallest absolute Gasteiger partial charge is 0.272 e. The van der Waals surface area contributed by atoms with Crippen molar-refractivity contribution in [2.45, 2.75) is 32.8 Å². The van der Waals surface area contributed by atoms with Crippen LogP contribution in [-0.4, -0.2) is 48.1 Å². The normalized spacial score (nSPS) is 18.6. The first-order valence-electron chi connectivity index (χ1n) is 7.37. The monoisotopic (exact) mass is 277 g/mol. The van der Waals surface area contributed by atoms with Crippen LogP contribution in [0.2, 0.25) is 0 Å². The van der Waals surface area contributed by atoms with Crippen LogP contribution >= 0.6 is 0 Å². The van der Waals surface area contributed by atoms with E-state index >= 15 is 0 Å². The van der Waals surface area contributed by atoms with Gasteiger partial charge in [0.25, 0.3) is 5.91 Å². The van der Waals surface area contributed by atoms with Crippen molar-refractivity contribution in [3.05, 3.63) is 24.0 Å². The molecule has 1 aromatic rings. The zero-order chi connectivity index (χ0) is 14.4. The highest BCUT2D eigenvalue weighted by Crippen LogP contribution is 2.17. The summed E-state index contributed by atoms with van der Waals surface area (Å²) in [4.78, 5) is 18.2. The van der Waals surface area contributed by atoms with Crippen molar-refractivity contribution >= 4 is 5.91 Å². The fourth-order valence-corrected chi connectivity index (χ4v) is 2.39. The standard InChI is InChI=1S/C15H23N3O2/c1-3-18(4-2)15(19)14-10-12(7-9-17-14)20-13-6-5-8-16-11-13/h7,9-10,13,16H,3-6,8,11H2,1-2H3/t13-/m0/s1. The predicted octanol–water partition coefficient (Wildman–Crippen LogP) is 1.69. The quantitative estimate of drug-likeness (QED) is 0.890. The van der Waals surface area contributed by atoms with E-state index in [2.05, 4.69) is 10.3 Å². The molecule has 110 valence electrons. The minimum absolute atomic E-state index is 0.0396. The van der Waals surface area contributed by atoms with Crippen LogP contribution in [0.5, 0.6) is 5.75 Å². The second-order valence-corrected chi connectivity index (χ2v) is 4.94. The Labute approximate surface area is 120 Å². The number of amides is 1. The number of carbonyl (C=O) groups excluding carboxylic acids is 1. The van der Waals surface area contributed by atoms with E-state index in [0.717, 1.165) is 31.7 Å². The number of hydrogen-bond acceptors (Lipinski definition) is 4. The van der Waals surface area contributed by atoms with Gasteiger partial charge in [-0.05, 0) is 39.3 Å². The second-order valence-electron chi connectivity index (χ2n) is 4.94. The molecule has 1 aromatic heterocycles. The Morgan fingerprint density at radius 2 is 2.30 bits per heavy atom. The highest BCUT2D eigenvalue weighted by molar-refractivity contribution is 5.92. The largest absolute Gasteiger partial charge is 0.489 e. The molecule has 5 nitrogen and oxygen atoms in total. The van der Waals surface area contributed by atoms with Gasteiger partial charge >= 0.3 is 0 Å². The first-order valence-corrected chi connectivity index (χ1v) is 7.37. The summed E-state index contributed by atoms with van der Waals surface area (Å²) in [6.07, 6.45) is 4.00. The summed E-state index contributed by atoms with van der Waals surface area (Å²) in [5.41, 5.74) is 0.454. The van der Waals surface area contributed by atoms with Gasteiger partial charge in [-0.1, -0.05) is 0 Å². The van der Waals surface area contributed by atoms with Crippen molar-refractivity contribution in [2.24, 2.45) is 0 Å². The lowest BCUT2D eigenvalue weighted by Gasteiger charge is -2.24. The topological polar surface area (TPSA) is 54.5 Å². The molecular formula is C15H23N3O2. The van der Waals surface area contributed by atoms with E-state index in [1.54, 1.807) is 17.2 Å². The van der Waals surface area contributed by atoms with Crippen LogP contribution in [0.15, 0.2) is 18.3 Å². The molecule has 1 aliphatic heterocycles. The van der Waals surface area contributed by atoms with Crippen LogP contribution < -0.4 is 10.1 Å². The zero-order valence-electron chi connectivity index (χ0n) is 12.3. The van der Waals surface area contributed by atoms with Crippen molar-refractivity contribution < 1.29 is 9.53 Å². The van der Waals surface area contributed by atoms with Gasteiger partial charge in [0.05, 0.1) is 0 Å². The number of nitrogens with one attached hydrogen (secondary N) is 1. The van der Waals surface area contributed by atoms with Crippen molar-refractivity contribution in [1.29, 1.82) is 0 Å². The Hall–Kier alpha value is -1.62. The third-order valence-electron chi connectivity index (χ3n) is 3.56. The molecule has 1 amide bonds. The fraction of sp³-hybridized carbons (Fsp3) is 0.600. The van der Waals surface area contributed by atoms with E-state index < -0.39 is 0 Å². The Balaban J connectivity index is 2.05. The van der Waals surface area contributed by atoms with Crippen molar-refractivity contribution in [3.63, 3.8) is 0 Å². The molecular weight excluding hydrogens is 254 g/mol. The van der Waals surface area contributed by atoms with Crippen LogP contribution in [0.3, 0.4) is 0 Å². The Bertz CT molecular complexity index is 440. The number of nitrogens with zero attached hydrogens (tertiary/aromatic N) is 2. The Morgan fingerprint density at radius 1 is 1.50 bits per heavy atom. The molecule has 0 radical (unpaired) electrons. The maximum Gasteiger partial charge on any atom is 0.272 e. The third-order valence-corrected chi connectivity index (χ3v) is 3.56. The number of pyridine rings is 1. The van der Waals surface area contributed by atoms with Gasteiger partial charge in [-0.3, -0.25) is 9.78 Å². The van der Waals surface area contributed by atoms with E-state index in [-0.39, 0.29) is 12.0 Å². The third kappa shape index (κ3) is 3.70. The van der Waals surface area contributed by atoms with Crippen LogP contribution in [0.1, 0.15) is 37.2 Å². The van der Waals surface area contributed by atoms with Crippen LogP contribution in [0.25, 0.3) is 0 Å². The zero-order valence-corrected chi connectivity index (χ0v) is 12.3. The summed E-state index contributed by atoms with van der Waals surface area (Å²) in [6, 6.07) is 3.56. The summed E-state index contributed by atoms with van der Waals surface area (Å²) in [6.45, 7) is 7.23. The number of carbonyl (C=O) groups is 1. The number of piperidine rings is 1. The average Bonchev–Trinajstić information content (AvgIpc) is 2.49. The van der Waals surface area contributed by atoms with Crippen LogP contribution in [0, 0.1) is 0 Å². The summed E-state index contributed by atoms with van der Waals surface area (Å²) in [5, 5.41) is 3.31. The molecule has 2 rings (SSSR count). The van der Waals surface area contributed by atoms with Gasteiger partial charge in [-0.2, -0.15) is 0 Å².